The van der Waals surface area contributed by atoms with E-state index >= 15 is 0 Å². The van der Waals surface area contributed by atoms with E-state index in [0.717, 1.165) is 20.6 Å². The lowest BCUT2D eigenvalue weighted by molar-refractivity contribution is 0.295. The molecule has 0 spiro atoms. The van der Waals surface area contributed by atoms with Crippen LogP contribution in [0.4, 0.5) is 17.6 Å². The summed E-state index contributed by atoms with van der Waals surface area (Å²) in [6.07, 6.45) is 1.45. The Morgan fingerprint density at radius 3 is 2.42 bits per heavy atom. The van der Waals surface area contributed by atoms with E-state index in [2.05, 4.69) is 20.9 Å². The van der Waals surface area contributed by atoms with Gasteiger partial charge in [-0.25, -0.2) is 22.7 Å². The Labute approximate surface area is 142 Å². The Kier molecular flexibility index (Phi) is 5.43. The molecule has 3 aromatic rings. The summed E-state index contributed by atoms with van der Waals surface area (Å²) in [5.41, 5.74) is 0.647. The summed E-state index contributed by atoms with van der Waals surface area (Å²) < 4.78 is 50.0. The molecule has 0 saturated carbocycles. The lowest BCUT2D eigenvalue weighted by Gasteiger charge is -2.11. The molecule has 4 nitrogen and oxygen atoms in total. The van der Waals surface area contributed by atoms with Crippen LogP contribution in [0.2, 0.25) is 0 Å². The van der Waals surface area contributed by atoms with E-state index in [9.17, 15) is 22.4 Å². The van der Waals surface area contributed by atoms with Crippen molar-refractivity contribution in [2.75, 3.05) is 6.93 Å². The fourth-order valence-corrected chi connectivity index (χ4v) is 2.49. The third-order valence-corrected chi connectivity index (χ3v) is 4.02. The maximum absolute atomic E-state index is 14.2. The second-order valence-electron chi connectivity index (χ2n) is 4.85. The van der Waals surface area contributed by atoms with Gasteiger partial charge >= 0.3 is 0 Å². The van der Waals surface area contributed by atoms with Gasteiger partial charge in [0.05, 0.1) is 17.4 Å². The topological polar surface area (TPSA) is 39.3 Å². The number of fused-ring (bicyclic) bond motifs is 1. The van der Waals surface area contributed by atoms with Crippen molar-refractivity contribution in [3.8, 4) is 5.69 Å². The van der Waals surface area contributed by atoms with Crippen LogP contribution < -0.4 is 5.56 Å². The minimum absolute atomic E-state index is 0.0382. The Bertz CT molecular complexity index is 952. The summed E-state index contributed by atoms with van der Waals surface area (Å²) in [6.45, 7) is 1.69. The molecule has 2 heterocycles. The zero-order chi connectivity index (χ0) is 18.0. The van der Waals surface area contributed by atoms with Gasteiger partial charge in [0.1, 0.15) is 5.82 Å². The second kappa shape index (κ2) is 7.16. The first kappa shape index (κ1) is 18.2. The van der Waals surface area contributed by atoms with Crippen molar-refractivity contribution in [1.82, 2.24) is 14.0 Å². The molecule has 0 aliphatic rings. The van der Waals surface area contributed by atoms with Crippen LogP contribution in [-0.2, 0) is 0 Å². The molecular weight excluding hydrogens is 394 g/mol. The predicted molar refractivity (Wildman–Crippen MR) is 85.0 cm³/mol. The lowest BCUT2D eigenvalue weighted by atomic mass is 10.2. The fraction of sp³-hybridized carbons (Fsp3) is 0.200. The zero-order valence-electron chi connectivity index (χ0n) is 12.7. The molecule has 9 heteroatoms. The number of hydrogen-bond acceptors (Lipinski definition) is 2. The Balaban J connectivity index is 0.000000647. The number of nitrogens with zero attached hydrogens (tertiary/aromatic N) is 3. The van der Waals surface area contributed by atoms with E-state index in [-0.39, 0.29) is 11.5 Å². The van der Waals surface area contributed by atoms with Crippen molar-refractivity contribution in [3.05, 3.63) is 62.2 Å². The number of alkyl halides is 2. The fourth-order valence-electron chi connectivity index (χ4n) is 2.17. The summed E-state index contributed by atoms with van der Waals surface area (Å²) in [7, 11) is 0. The van der Waals surface area contributed by atoms with Gasteiger partial charge < -0.3 is 0 Å². The molecule has 0 unspecified atom stereocenters. The number of halogens is 5. The molecule has 3 rings (SSSR count). The van der Waals surface area contributed by atoms with E-state index in [1.807, 2.05) is 0 Å². The molecule has 0 bridgehead atoms. The van der Waals surface area contributed by atoms with Crippen molar-refractivity contribution in [2.45, 2.75) is 13.8 Å². The molecule has 0 saturated heterocycles. The average molecular weight is 406 g/mol. The molecule has 1 aromatic carbocycles. The highest BCUT2D eigenvalue weighted by Gasteiger charge is 2.16. The molecule has 0 fully saturated rings. The molecule has 2 aromatic heterocycles. The molecule has 0 aliphatic heterocycles. The molecule has 24 heavy (non-hydrogen) atoms. The number of aryl methyl sites for hydroxylation is 2. The Hall–Kier alpha value is -2.16. The van der Waals surface area contributed by atoms with Crippen LogP contribution in [-0.4, -0.2) is 20.9 Å². The monoisotopic (exact) mass is 405 g/mol. The van der Waals surface area contributed by atoms with Crippen LogP contribution in [0.15, 0.2) is 33.7 Å². The number of rotatable bonds is 1. The van der Waals surface area contributed by atoms with E-state index in [1.54, 1.807) is 13.8 Å². The van der Waals surface area contributed by atoms with Gasteiger partial charge in [0, 0.05) is 10.7 Å². The molecule has 0 aliphatic carbocycles. The van der Waals surface area contributed by atoms with Crippen molar-refractivity contribution < 1.29 is 17.6 Å². The van der Waals surface area contributed by atoms with Gasteiger partial charge in [0.15, 0.2) is 0 Å². The summed E-state index contributed by atoms with van der Waals surface area (Å²) in [5, 5.41) is 0. The third-order valence-electron chi connectivity index (χ3n) is 3.17. The van der Waals surface area contributed by atoms with Gasteiger partial charge in [-0.05, 0) is 31.5 Å². The molecular formula is C15H12BrF4N3O. The van der Waals surface area contributed by atoms with Gasteiger partial charge in [-0.15, -0.1) is 0 Å². The number of aromatic nitrogens is 3. The predicted octanol–water partition coefficient (Wildman–Crippen LogP) is 4.03. The lowest BCUT2D eigenvalue weighted by Crippen LogP contribution is -2.22. The van der Waals surface area contributed by atoms with Crippen molar-refractivity contribution in [2.24, 2.45) is 0 Å². The largest absolute Gasteiger partial charge is 0.269 e. The number of hydrogen-bond donors (Lipinski definition) is 0. The minimum atomic E-state index is -1.75. The average Bonchev–Trinajstić information content (AvgIpc) is 2.87. The highest BCUT2D eigenvalue weighted by atomic mass is 79.9. The minimum Gasteiger partial charge on any atom is -0.269 e. The maximum Gasteiger partial charge on any atom is 0.262 e. The molecule has 128 valence electrons. The molecule has 0 atom stereocenters. The molecule has 0 N–H and O–H groups in total. The van der Waals surface area contributed by atoms with Gasteiger partial charge in [0.2, 0.25) is 18.7 Å². The van der Waals surface area contributed by atoms with Crippen LogP contribution in [0, 0.1) is 25.6 Å². The number of benzene rings is 1. The summed E-state index contributed by atoms with van der Waals surface area (Å²) in [4.78, 5) is 16.2. The zero-order valence-corrected chi connectivity index (χ0v) is 14.2. The van der Waals surface area contributed by atoms with E-state index in [0.29, 0.717) is 10.2 Å². The van der Waals surface area contributed by atoms with Crippen LogP contribution in [0.1, 0.15) is 11.3 Å². The van der Waals surface area contributed by atoms with Crippen LogP contribution in [0.3, 0.4) is 0 Å². The molecule has 0 radical (unpaired) electrons. The highest BCUT2D eigenvalue weighted by molar-refractivity contribution is 9.10. The first-order valence-electron chi connectivity index (χ1n) is 6.65. The highest BCUT2D eigenvalue weighted by Crippen LogP contribution is 2.23. The van der Waals surface area contributed by atoms with Crippen LogP contribution in [0.5, 0.6) is 0 Å². The van der Waals surface area contributed by atoms with E-state index in [4.69, 9.17) is 0 Å². The van der Waals surface area contributed by atoms with Crippen LogP contribution in [0.25, 0.3) is 11.5 Å². The van der Waals surface area contributed by atoms with Gasteiger partial charge in [-0.3, -0.25) is 9.20 Å². The van der Waals surface area contributed by atoms with Crippen molar-refractivity contribution in [1.29, 1.82) is 0 Å². The van der Waals surface area contributed by atoms with Crippen LogP contribution >= 0.6 is 15.9 Å². The summed E-state index contributed by atoms with van der Waals surface area (Å²) >= 11 is 3.23. The van der Waals surface area contributed by atoms with Crippen molar-refractivity contribution in [3.63, 3.8) is 0 Å². The van der Waals surface area contributed by atoms with Gasteiger partial charge in [0.25, 0.3) is 5.56 Å². The quantitative estimate of drug-likeness (QED) is 0.453. The maximum atomic E-state index is 14.2. The van der Waals surface area contributed by atoms with Gasteiger partial charge in [-0.1, -0.05) is 15.9 Å². The Morgan fingerprint density at radius 2 is 1.79 bits per heavy atom. The smallest absolute Gasteiger partial charge is 0.262 e. The first-order valence-corrected chi connectivity index (χ1v) is 7.44. The van der Waals surface area contributed by atoms with E-state index in [1.165, 1.54) is 18.3 Å². The number of imidazole rings is 1. The summed E-state index contributed by atoms with van der Waals surface area (Å²) in [6, 6.07) is 3.60. The Morgan fingerprint density at radius 1 is 1.17 bits per heavy atom. The van der Waals surface area contributed by atoms with Gasteiger partial charge in [-0.2, -0.15) is 4.39 Å². The second-order valence-corrected chi connectivity index (χ2v) is 5.70. The molecule has 0 amide bonds. The SMILES string of the molecule is Cc1cn2c(F)cc(=O)n(-c3cc(C)c(Br)cc3F)c2n1.FCF. The van der Waals surface area contributed by atoms with E-state index < -0.39 is 24.3 Å². The third kappa shape index (κ3) is 3.35. The van der Waals surface area contributed by atoms with Crippen molar-refractivity contribution >= 4 is 21.7 Å². The standard InChI is InChI=1S/C14H10BrF2N3O.CH2F2/c1-7-3-11(10(16)4-9(7)15)20-13(21)5-12(17)19-6-8(2)18-14(19)20;2-1-3/h3-6H,1-2H3;1H2. The summed E-state index contributed by atoms with van der Waals surface area (Å²) in [5.74, 6) is -1.29. The normalized spacial score (nSPS) is 10.6. The first-order chi connectivity index (χ1) is 11.3.